The van der Waals surface area contributed by atoms with Gasteiger partial charge < -0.3 is 5.11 Å². The van der Waals surface area contributed by atoms with Crippen molar-refractivity contribution in [1.29, 1.82) is 0 Å². The molecule has 1 unspecified atom stereocenters. The van der Waals surface area contributed by atoms with Gasteiger partial charge in [-0.25, -0.2) is 4.98 Å². The van der Waals surface area contributed by atoms with Gasteiger partial charge in [-0.2, -0.15) is 0 Å². The van der Waals surface area contributed by atoms with Crippen molar-refractivity contribution in [2.75, 3.05) is 6.26 Å². The van der Waals surface area contributed by atoms with Crippen molar-refractivity contribution in [3.8, 4) is 5.75 Å². The van der Waals surface area contributed by atoms with Gasteiger partial charge in [-0.15, -0.1) is 11.8 Å². The highest BCUT2D eigenvalue weighted by Gasteiger charge is 2.38. The number of aromatic hydroxyl groups is 1. The van der Waals surface area contributed by atoms with E-state index >= 15 is 0 Å². The van der Waals surface area contributed by atoms with E-state index in [-0.39, 0.29) is 0 Å². The predicted molar refractivity (Wildman–Crippen MR) is 83.7 cm³/mol. The lowest BCUT2D eigenvalue weighted by Crippen LogP contribution is -1.94. The standard InChI is InChI=1S/C17H19NOS/c1-9-5-11(9)13-7-15-14(6-12(13)10-3-4-10)16(19)8-17(18-15)20-2/h6-11H,3-5H2,1-2H3,(H,18,19)/t9?,11-/m0/s1. The lowest BCUT2D eigenvalue weighted by molar-refractivity contribution is 0.479. The summed E-state index contributed by atoms with van der Waals surface area (Å²) in [6.07, 6.45) is 5.91. The Morgan fingerprint density at radius 3 is 2.55 bits per heavy atom. The van der Waals surface area contributed by atoms with Gasteiger partial charge in [-0.05, 0) is 66.5 Å². The number of aromatic nitrogens is 1. The molecule has 0 spiro atoms. The Labute approximate surface area is 123 Å². The van der Waals surface area contributed by atoms with Gasteiger partial charge >= 0.3 is 0 Å². The van der Waals surface area contributed by atoms with Crippen LogP contribution in [0.15, 0.2) is 23.2 Å². The number of rotatable bonds is 3. The van der Waals surface area contributed by atoms with Crippen LogP contribution in [0.3, 0.4) is 0 Å². The third kappa shape index (κ3) is 1.99. The number of pyridine rings is 1. The third-order valence-electron chi connectivity index (χ3n) is 4.70. The second kappa shape index (κ2) is 4.39. The molecule has 0 aliphatic heterocycles. The van der Waals surface area contributed by atoms with Gasteiger partial charge in [0, 0.05) is 11.5 Å². The summed E-state index contributed by atoms with van der Waals surface area (Å²) < 4.78 is 0. The van der Waals surface area contributed by atoms with E-state index in [2.05, 4.69) is 24.0 Å². The summed E-state index contributed by atoms with van der Waals surface area (Å²) in [6, 6.07) is 6.24. The molecule has 4 rings (SSSR count). The maximum atomic E-state index is 10.3. The second-order valence-electron chi connectivity index (χ2n) is 6.28. The Morgan fingerprint density at radius 2 is 1.95 bits per heavy atom. The average Bonchev–Trinajstić information content (AvgIpc) is 3.33. The Balaban J connectivity index is 1.93. The molecule has 20 heavy (non-hydrogen) atoms. The smallest absolute Gasteiger partial charge is 0.127 e. The number of benzene rings is 1. The molecule has 104 valence electrons. The minimum absolute atomic E-state index is 0.372. The number of fused-ring (bicyclic) bond motifs is 1. The van der Waals surface area contributed by atoms with Gasteiger partial charge in [0.25, 0.3) is 0 Å². The summed E-state index contributed by atoms with van der Waals surface area (Å²) >= 11 is 1.58. The molecular weight excluding hydrogens is 266 g/mol. The summed E-state index contributed by atoms with van der Waals surface area (Å²) in [4.78, 5) is 4.67. The fourth-order valence-electron chi connectivity index (χ4n) is 3.19. The quantitative estimate of drug-likeness (QED) is 0.832. The summed E-state index contributed by atoms with van der Waals surface area (Å²) in [5.41, 5.74) is 3.92. The van der Waals surface area contributed by atoms with Crippen LogP contribution >= 0.6 is 11.8 Å². The Morgan fingerprint density at radius 1 is 1.20 bits per heavy atom. The highest BCUT2D eigenvalue weighted by molar-refractivity contribution is 7.98. The topological polar surface area (TPSA) is 33.1 Å². The number of nitrogens with zero attached hydrogens (tertiary/aromatic N) is 1. The monoisotopic (exact) mass is 285 g/mol. The molecule has 0 saturated heterocycles. The van der Waals surface area contributed by atoms with E-state index in [0.717, 1.165) is 33.7 Å². The van der Waals surface area contributed by atoms with E-state index in [9.17, 15) is 5.11 Å². The van der Waals surface area contributed by atoms with Gasteiger partial charge in [0.05, 0.1) is 5.52 Å². The van der Waals surface area contributed by atoms with Gasteiger partial charge in [0.1, 0.15) is 10.8 Å². The minimum Gasteiger partial charge on any atom is -0.507 e. The van der Waals surface area contributed by atoms with Gasteiger partial charge in [0.15, 0.2) is 0 Å². The molecule has 3 heteroatoms. The number of hydrogen-bond acceptors (Lipinski definition) is 3. The zero-order chi connectivity index (χ0) is 13.9. The molecule has 2 saturated carbocycles. The molecule has 0 radical (unpaired) electrons. The van der Waals surface area contributed by atoms with Gasteiger partial charge in [-0.3, -0.25) is 0 Å². The Bertz CT molecular complexity index is 693. The van der Waals surface area contributed by atoms with E-state index in [1.54, 1.807) is 17.8 Å². The van der Waals surface area contributed by atoms with Crippen molar-refractivity contribution in [2.24, 2.45) is 5.92 Å². The van der Waals surface area contributed by atoms with Crippen molar-refractivity contribution in [1.82, 2.24) is 4.98 Å². The molecular formula is C17H19NOS. The van der Waals surface area contributed by atoms with E-state index < -0.39 is 0 Å². The molecule has 2 atom stereocenters. The predicted octanol–water partition coefficient (Wildman–Crippen LogP) is 4.66. The Kier molecular flexibility index (Phi) is 2.75. The summed E-state index contributed by atoms with van der Waals surface area (Å²) in [5, 5.41) is 12.1. The van der Waals surface area contributed by atoms with Crippen molar-refractivity contribution in [3.05, 3.63) is 29.3 Å². The first kappa shape index (κ1) is 12.5. The summed E-state index contributed by atoms with van der Waals surface area (Å²) in [6.45, 7) is 2.33. The van der Waals surface area contributed by atoms with Crippen LogP contribution in [0.2, 0.25) is 0 Å². The third-order valence-corrected chi connectivity index (χ3v) is 5.33. The number of thioether (sulfide) groups is 1. The molecule has 1 aromatic heterocycles. The first-order valence-corrected chi connectivity index (χ1v) is 8.61. The van der Waals surface area contributed by atoms with E-state index in [0.29, 0.717) is 5.75 Å². The molecule has 2 fully saturated rings. The van der Waals surface area contributed by atoms with Crippen molar-refractivity contribution < 1.29 is 5.11 Å². The van der Waals surface area contributed by atoms with E-state index in [1.807, 2.05) is 6.26 Å². The van der Waals surface area contributed by atoms with Crippen LogP contribution in [0, 0.1) is 5.92 Å². The summed E-state index contributed by atoms with van der Waals surface area (Å²) in [7, 11) is 0. The molecule has 2 aromatic rings. The van der Waals surface area contributed by atoms with Crippen LogP contribution in [-0.4, -0.2) is 16.3 Å². The Hall–Kier alpha value is -1.22. The highest BCUT2D eigenvalue weighted by Crippen LogP contribution is 2.53. The molecule has 1 heterocycles. The zero-order valence-corrected chi connectivity index (χ0v) is 12.7. The average molecular weight is 285 g/mol. The van der Waals surface area contributed by atoms with Crippen molar-refractivity contribution >= 4 is 22.7 Å². The zero-order valence-electron chi connectivity index (χ0n) is 11.9. The van der Waals surface area contributed by atoms with Gasteiger partial charge in [-0.1, -0.05) is 6.92 Å². The SMILES string of the molecule is CSc1cc(O)c2cc(C3CC3)c([C@H]3CC3C)cc2n1. The van der Waals surface area contributed by atoms with E-state index in [1.165, 1.54) is 30.4 Å². The fraction of sp³-hybridized carbons (Fsp3) is 0.471. The molecule has 1 N–H and O–H groups in total. The first-order valence-electron chi connectivity index (χ1n) is 7.39. The minimum atomic E-state index is 0.372. The molecule has 2 nitrogen and oxygen atoms in total. The van der Waals surface area contributed by atoms with Crippen molar-refractivity contribution in [2.45, 2.75) is 43.0 Å². The molecule has 0 amide bonds. The molecule has 0 bridgehead atoms. The normalized spacial score (nSPS) is 25.1. The molecule has 2 aliphatic rings. The second-order valence-corrected chi connectivity index (χ2v) is 7.10. The maximum Gasteiger partial charge on any atom is 0.127 e. The van der Waals surface area contributed by atoms with Crippen molar-refractivity contribution in [3.63, 3.8) is 0 Å². The molecule has 1 aromatic carbocycles. The van der Waals surface area contributed by atoms with Crippen LogP contribution in [0.1, 0.15) is 49.1 Å². The van der Waals surface area contributed by atoms with Crippen LogP contribution in [0.4, 0.5) is 0 Å². The van der Waals surface area contributed by atoms with Crippen LogP contribution < -0.4 is 0 Å². The lowest BCUT2D eigenvalue weighted by Gasteiger charge is -2.12. The van der Waals surface area contributed by atoms with Crippen LogP contribution in [0.25, 0.3) is 10.9 Å². The number of hydrogen-bond donors (Lipinski definition) is 1. The first-order chi connectivity index (χ1) is 9.67. The molecule has 2 aliphatic carbocycles. The van der Waals surface area contributed by atoms with E-state index in [4.69, 9.17) is 0 Å². The highest BCUT2D eigenvalue weighted by atomic mass is 32.2. The van der Waals surface area contributed by atoms with Crippen LogP contribution in [0.5, 0.6) is 5.75 Å². The fourth-order valence-corrected chi connectivity index (χ4v) is 3.61. The summed E-state index contributed by atoms with van der Waals surface area (Å²) in [5.74, 6) is 2.62. The lowest BCUT2D eigenvalue weighted by atomic mass is 9.96. The van der Waals surface area contributed by atoms with Gasteiger partial charge in [0.2, 0.25) is 0 Å². The maximum absolute atomic E-state index is 10.3. The largest absolute Gasteiger partial charge is 0.507 e. The van der Waals surface area contributed by atoms with Crippen LogP contribution in [-0.2, 0) is 0 Å².